The summed E-state index contributed by atoms with van der Waals surface area (Å²) in [5.41, 5.74) is 5.53. The number of halogens is 1. The number of ether oxygens (including phenoxy) is 2. The zero-order chi connectivity index (χ0) is 30.6. The van der Waals surface area contributed by atoms with Gasteiger partial charge in [-0.2, -0.15) is 5.10 Å². The molecule has 1 aliphatic rings. The van der Waals surface area contributed by atoms with E-state index in [2.05, 4.69) is 23.3 Å². The van der Waals surface area contributed by atoms with Crippen LogP contribution >= 0.6 is 22.9 Å². The third-order valence-corrected chi connectivity index (χ3v) is 9.16. The molecule has 0 spiro atoms. The van der Waals surface area contributed by atoms with Crippen LogP contribution in [0.2, 0.25) is 5.02 Å². The van der Waals surface area contributed by atoms with Crippen LogP contribution in [0.15, 0.2) is 54.7 Å². The first-order valence-corrected chi connectivity index (χ1v) is 15.3. The summed E-state index contributed by atoms with van der Waals surface area (Å²) in [6, 6.07) is 15.7. The third kappa shape index (κ3) is 5.53. The van der Waals surface area contributed by atoms with Gasteiger partial charge in [0.2, 0.25) is 5.91 Å². The lowest BCUT2D eigenvalue weighted by molar-refractivity contribution is -0.164. The summed E-state index contributed by atoms with van der Waals surface area (Å²) in [5, 5.41) is 6.64. The molecule has 1 fully saturated rings. The van der Waals surface area contributed by atoms with Crippen molar-refractivity contribution in [3.63, 3.8) is 0 Å². The van der Waals surface area contributed by atoms with Crippen LogP contribution in [0.4, 0.5) is 5.13 Å². The molecule has 0 bridgehead atoms. The Hall–Kier alpha value is -3.79. The van der Waals surface area contributed by atoms with Crippen molar-refractivity contribution < 1.29 is 19.1 Å². The molecule has 0 saturated carbocycles. The molecule has 0 N–H and O–H groups in total. The number of benzene rings is 3. The molecular weight excluding hydrogens is 584 g/mol. The fraction of sp³-hybridized carbons (Fsp3) is 0.333. The molecule has 3 heterocycles. The van der Waals surface area contributed by atoms with Crippen LogP contribution in [0.25, 0.3) is 32.2 Å². The minimum atomic E-state index is -0.967. The Labute approximate surface area is 259 Å². The van der Waals surface area contributed by atoms with E-state index in [4.69, 9.17) is 26.1 Å². The molecule has 8 nitrogen and oxygen atoms in total. The van der Waals surface area contributed by atoms with Crippen LogP contribution in [-0.2, 0) is 26.1 Å². The van der Waals surface area contributed by atoms with Crippen LogP contribution in [0, 0.1) is 6.92 Å². The van der Waals surface area contributed by atoms with Gasteiger partial charge >= 0.3 is 5.97 Å². The maximum Gasteiger partial charge on any atom is 0.339 e. The number of thiazole rings is 1. The molecule has 222 valence electrons. The van der Waals surface area contributed by atoms with E-state index in [1.807, 2.05) is 76.0 Å². The number of carbonyl (C=O) groups is 2. The number of hydrogen-bond donors (Lipinski definition) is 0. The molecule has 6 rings (SSSR count). The van der Waals surface area contributed by atoms with E-state index in [-0.39, 0.29) is 11.8 Å². The van der Waals surface area contributed by atoms with Gasteiger partial charge in [-0.1, -0.05) is 41.1 Å². The van der Waals surface area contributed by atoms with Gasteiger partial charge in [0.1, 0.15) is 0 Å². The van der Waals surface area contributed by atoms with E-state index in [0.29, 0.717) is 28.7 Å². The highest BCUT2D eigenvalue weighted by Crippen LogP contribution is 2.45. The molecule has 2 atom stereocenters. The van der Waals surface area contributed by atoms with Crippen molar-refractivity contribution in [2.45, 2.75) is 51.7 Å². The fourth-order valence-corrected chi connectivity index (χ4v) is 7.07. The molecule has 0 radical (unpaired) electrons. The average molecular weight is 617 g/mol. The number of anilines is 1. The predicted octanol–water partition coefficient (Wildman–Crippen LogP) is 7.36. The third-order valence-electron chi connectivity index (χ3n) is 7.80. The first-order chi connectivity index (χ1) is 20.4. The maximum absolute atomic E-state index is 13.4. The quantitative estimate of drug-likeness (QED) is 0.185. The summed E-state index contributed by atoms with van der Waals surface area (Å²) in [7, 11) is 3.29. The number of aromatic nitrogens is 3. The van der Waals surface area contributed by atoms with Gasteiger partial charge in [-0.3, -0.25) is 14.4 Å². The Kier molecular flexibility index (Phi) is 7.52. The van der Waals surface area contributed by atoms with Gasteiger partial charge in [0, 0.05) is 47.5 Å². The topological polar surface area (TPSA) is 86.6 Å². The zero-order valence-corrected chi connectivity index (χ0v) is 26.5. The average Bonchev–Trinajstić information content (AvgIpc) is 3.67. The van der Waals surface area contributed by atoms with Gasteiger partial charge in [0.05, 0.1) is 34.6 Å². The number of amides is 1. The number of hydrogen-bond acceptors (Lipinski definition) is 7. The molecule has 1 saturated heterocycles. The Morgan fingerprint density at radius 2 is 1.88 bits per heavy atom. The SMILES string of the molecule is COC(=O)C(OC(C)(C)C)c1c(C)cc2nc(N3CC(c4ccc5c(cnn5C)c4)CC3=O)sc2c1-c1ccc(Cl)cc1. The zero-order valence-electron chi connectivity index (χ0n) is 25.0. The van der Waals surface area contributed by atoms with Crippen molar-refractivity contribution in [2.24, 2.45) is 7.05 Å². The molecule has 5 aromatic rings. The van der Waals surface area contributed by atoms with E-state index in [0.717, 1.165) is 43.4 Å². The summed E-state index contributed by atoms with van der Waals surface area (Å²) in [4.78, 5) is 33.3. The summed E-state index contributed by atoms with van der Waals surface area (Å²) in [6.45, 7) is 8.20. The normalized spacial score (nSPS) is 16.4. The number of nitrogens with zero attached hydrogens (tertiary/aromatic N) is 4. The molecule has 43 heavy (non-hydrogen) atoms. The van der Waals surface area contributed by atoms with Gasteiger partial charge in [-0.25, -0.2) is 9.78 Å². The first kappa shape index (κ1) is 29.3. The molecule has 1 amide bonds. The van der Waals surface area contributed by atoms with Gasteiger partial charge in [-0.15, -0.1) is 0 Å². The standard InChI is InChI=1S/C33H33ClN4O4S/c1-18-13-24-30(28(19-7-10-23(34)11-8-19)27(18)29(31(40)41-6)42-33(2,3)4)43-32(36-24)38-17-22(15-26(38)39)20-9-12-25-21(14-20)16-35-37(25)5/h7-14,16,22,29H,15,17H2,1-6H3. The van der Waals surface area contributed by atoms with Crippen molar-refractivity contribution in [3.8, 4) is 11.1 Å². The highest BCUT2D eigenvalue weighted by molar-refractivity contribution is 7.23. The van der Waals surface area contributed by atoms with Crippen LogP contribution in [0.1, 0.15) is 55.9 Å². The van der Waals surface area contributed by atoms with Crippen molar-refractivity contribution in [2.75, 3.05) is 18.6 Å². The number of methoxy groups -OCH3 is 1. The van der Waals surface area contributed by atoms with E-state index < -0.39 is 17.7 Å². The minimum absolute atomic E-state index is 0.0313. The molecule has 2 aromatic heterocycles. The summed E-state index contributed by atoms with van der Waals surface area (Å²) in [6.07, 6.45) is 1.29. The lowest BCUT2D eigenvalue weighted by Crippen LogP contribution is -2.29. The second-order valence-corrected chi connectivity index (χ2v) is 13.4. The first-order valence-electron chi connectivity index (χ1n) is 14.1. The van der Waals surface area contributed by atoms with Gasteiger partial charge < -0.3 is 9.47 Å². The van der Waals surface area contributed by atoms with Crippen molar-refractivity contribution in [1.29, 1.82) is 0 Å². The monoisotopic (exact) mass is 616 g/mol. The number of rotatable bonds is 6. The number of fused-ring (bicyclic) bond motifs is 2. The maximum atomic E-state index is 13.4. The van der Waals surface area contributed by atoms with Crippen molar-refractivity contribution in [1.82, 2.24) is 14.8 Å². The Balaban J connectivity index is 1.46. The Morgan fingerprint density at radius 1 is 1.14 bits per heavy atom. The van der Waals surface area contributed by atoms with Crippen molar-refractivity contribution >= 4 is 61.1 Å². The number of esters is 1. The fourth-order valence-electron chi connectivity index (χ4n) is 5.79. The highest BCUT2D eigenvalue weighted by atomic mass is 35.5. The molecule has 3 aromatic carbocycles. The summed E-state index contributed by atoms with van der Waals surface area (Å²) in [5.74, 6) is -0.412. The molecule has 0 aliphatic carbocycles. The van der Waals surface area contributed by atoms with Crippen LogP contribution in [-0.4, -0.2) is 45.9 Å². The van der Waals surface area contributed by atoms with Crippen LogP contribution in [0.5, 0.6) is 0 Å². The summed E-state index contributed by atoms with van der Waals surface area (Å²) >= 11 is 7.70. The van der Waals surface area contributed by atoms with Crippen LogP contribution in [0.3, 0.4) is 0 Å². The molecule has 2 unspecified atom stereocenters. The molecule has 10 heteroatoms. The van der Waals surface area contributed by atoms with Crippen LogP contribution < -0.4 is 4.90 Å². The number of carbonyl (C=O) groups excluding carboxylic acids is 2. The van der Waals surface area contributed by atoms with E-state index >= 15 is 0 Å². The molecular formula is C33H33ClN4O4S. The Bertz CT molecular complexity index is 1870. The second-order valence-electron chi connectivity index (χ2n) is 12.0. The van der Waals surface area contributed by atoms with E-state index in [1.165, 1.54) is 18.4 Å². The molecule has 1 aliphatic heterocycles. The minimum Gasteiger partial charge on any atom is -0.467 e. The van der Waals surface area contributed by atoms with Gasteiger partial charge in [-0.05, 0) is 74.7 Å². The van der Waals surface area contributed by atoms with Gasteiger partial charge in [0.25, 0.3) is 0 Å². The van der Waals surface area contributed by atoms with Crippen molar-refractivity contribution in [3.05, 3.63) is 76.4 Å². The lowest BCUT2D eigenvalue weighted by Gasteiger charge is -2.28. The smallest absolute Gasteiger partial charge is 0.339 e. The summed E-state index contributed by atoms with van der Waals surface area (Å²) < 4.78 is 14.2. The lowest BCUT2D eigenvalue weighted by atomic mass is 9.91. The van der Waals surface area contributed by atoms with E-state index in [9.17, 15) is 9.59 Å². The predicted molar refractivity (Wildman–Crippen MR) is 171 cm³/mol. The number of aryl methyl sites for hydroxylation is 2. The van der Waals surface area contributed by atoms with Gasteiger partial charge in [0.15, 0.2) is 11.2 Å². The van der Waals surface area contributed by atoms with E-state index in [1.54, 1.807) is 4.90 Å². The second kappa shape index (κ2) is 11.0. The highest BCUT2D eigenvalue weighted by Gasteiger charge is 2.36. The largest absolute Gasteiger partial charge is 0.467 e. The Morgan fingerprint density at radius 3 is 2.58 bits per heavy atom.